The van der Waals surface area contributed by atoms with E-state index in [0.29, 0.717) is 18.7 Å². The molecule has 8 nitrogen and oxygen atoms in total. The molecule has 2 atom stereocenters. The van der Waals surface area contributed by atoms with E-state index in [1.165, 1.54) is 7.11 Å². The topological polar surface area (TPSA) is 87.2 Å². The highest BCUT2D eigenvalue weighted by Gasteiger charge is 2.40. The summed E-state index contributed by atoms with van der Waals surface area (Å²) in [7, 11) is 1.54. The van der Waals surface area contributed by atoms with Gasteiger partial charge in [0.25, 0.3) is 0 Å². The summed E-state index contributed by atoms with van der Waals surface area (Å²) in [6, 6.07) is 1.84. The van der Waals surface area contributed by atoms with Crippen LogP contribution in [0, 0.1) is 5.92 Å². The minimum absolute atomic E-state index is 0.0829. The van der Waals surface area contributed by atoms with Gasteiger partial charge >= 0.3 is 12.1 Å². The summed E-state index contributed by atoms with van der Waals surface area (Å²) in [4.78, 5) is 30.8. The first-order valence-electron chi connectivity index (χ1n) is 9.47. The fourth-order valence-electron chi connectivity index (χ4n) is 3.24. The molecule has 0 aliphatic carbocycles. The maximum Gasteiger partial charge on any atom is 0.410 e. The van der Waals surface area contributed by atoms with E-state index in [9.17, 15) is 9.59 Å². The Morgan fingerprint density at radius 3 is 2.71 bits per heavy atom. The number of methoxy groups -OCH3 is 1. The number of amides is 1. The molecular formula is C20H30N2O6. The van der Waals surface area contributed by atoms with Crippen LogP contribution in [0.25, 0.3) is 0 Å². The van der Waals surface area contributed by atoms with E-state index in [2.05, 4.69) is 4.98 Å². The zero-order valence-corrected chi connectivity index (χ0v) is 17.3. The SMILES string of the molecule is CCOC(=O)[C@@H]1CN(C(=O)OC(C)(C)C)CC[C@@H]1c1ccncc1OCOC. The van der Waals surface area contributed by atoms with Gasteiger partial charge < -0.3 is 23.8 Å². The molecule has 156 valence electrons. The van der Waals surface area contributed by atoms with Gasteiger partial charge in [0.1, 0.15) is 11.4 Å². The first-order valence-corrected chi connectivity index (χ1v) is 9.47. The largest absolute Gasteiger partial charge is 0.466 e. The number of ether oxygens (including phenoxy) is 4. The molecule has 1 aliphatic rings. The lowest BCUT2D eigenvalue weighted by molar-refractivity contribution is -0.150. The third-order valence-corrected chi connectivity index (χ3v) is 4.40. The average Bonchev–Trinajstić information content (AvgIpc) is 2.65. The van der Waals surface area contributed by atoms with Crippen molar-refractivity contribution < 1.29 is 28.5 Å². The Bertz CT molecular complexity index is 673. The van der Waals surface area contributed by atoms with E-state index in [1.54, 1.807) is 24.2 Å². The highest BCUT2D eigenvalue weighted by atomic mass is 16.7. The first kappa shape index (κ1) is 21.9. The number of likely N-dealkylation sites (tertiary alicyclic amines) is 1. The summed E-state index contributed by atoms with van der Waals surface area (Å²) in [5, 5.41) is 0. The fourth-order valence-corrected chi connectivity index (χ4v) is 3.24. The number of carbonyl (C=O) groups excluding carboxylic acids is 2. The molecule has 2 rings (SSSR count). The highest BCUT2D eigenvalue weighted by Crippen LogP contribution is 2.38. The van der Waals surface area contributed by atoms with Crippen molar-refractivity contribution >= 4 is 12.1 Å². The predicted molar refractivity (Wildman–Crippen MR) is 102 cm³/mol. The van der Waals surface area contributed by atoms with Crippen LogP contribution >= 0.6 is 0 Å². The predicted octanol–water partition coefficient (Wildman–Crippen LogP) is 2.97. The van der Waals surface area contributed by atoms with Gasteiger partial charge in [0.05, 0.1) is 18.7 Å². The summed E-state index contributed by atoms with van der Waals surface area (Å²) in [6.45, 7) is 8.27. The molecular weight excluding hydrogens is 364 g/mol. The van der Waals surface area contributed by atoms with Crippen molar-refractivity contribution in [1.29, 1.82) is 0 Å². The van der Waals surface area contributed by atoms with E-state index in [-0.39, 0.29) is 31.8 Å². The maximum absolute atomic E-state index is 12.7. The van der Waals surface area contributed by atoms with Crippen molar-refractivity contribution in [3.05, 3.63) is 24.0 Å². The van der Waals surface area contributed by atoms with Crippen LogP contribution in [-0.4, -0.2) is 61.1 Å². The van der Waals surface area contributed by atoms with Crippen molar-refractivity contribution in [2.75, 3.05) is 33.6 Å². The highest BCUT2D eigenvalue weighted by molar-refractivity contribution is 5.76. The van der Waals surface area contributed by atoms with Crippen LogP contribution in [0.3, 0.4) is 0 Å². The summed E-state index contributed by atoms with van der Waals surface area (Å²) in [5.74, 6) is -0.453. The number of carbonyl (C=O) groups is 2. The molecule has 0 spiro atoms. The third-order valence-electron chi connectivity index (χ3n) is 4.40. The van der Waals surface area contributed by atoms with Gasteiger partial charge in [0.15, 0.2) is 6.79 Å². The monoisotopic (exact) mass is 394 g/mol. The average molecular weight is 394 g/mol. The van der Waals surface area contributed by atoms with Gasteiger partial charge in [-0.1, -0.05) is 0 Å². The molecule has 0 unspecified atom stereocenters. The Hall–Kier alpha value is -2.35. The normalized spacial score (nSPS) is 19.8. The number of esters is 1. The van der Waals surface area contributed by atoms with Crippen molar-refractivity contribution in [2.45, 2.75) is 45.6 Å². The third kappa shape index (κ3) is 5.82. The second kappa shape index (κ2) is 9.73. The van der Waals surface area contributed by atoms with Crippen LogP contribution in [0.1, 0.15) is 45.6 Å². The molecule has 1 fully saturated rings. The zero-order chi connectivity index (χ0) is 20.7. The molecule has 0 bridgehead atoms. The molecule has 28 heavy (non-hydrogen) atoms. The van der Waals surface area contributed by atoms with Gasteiger partial charge in [-0.2, -0.15) is 0 Å². The number of pyridine rings is 1. The molecule has 8 heteroatoms. The minimum Gasteiger partial charge on any atom is -0.466 e. The number of nitrogens with zero attached hydrogens (tertiary/aromatic N) is 2. The molecule has 1 saturated heterocycles. The van der Waals surface area contributed by atoms with Crippen molar-refractivity contribution in [1.82, 2.24) is 9.88 Å². The van der Waals surface area contributed by atoms with Crippen LogP contribution in [0.5, 0.6) is 5.75 Å². The number of hydrogen-bond donors (Lipinski definition) is 0. The number of piperidine rings is 1. The summed E-state index contributed by atoms with van der Waals surface area (Å²) >= 11 is 0. The number of hydrogen-bond acceptors (Lipinski definition) is 7. The minimum atomic E-state index is -0.598. The summed E-state index contributed by atoms with van der Waals surface area (Å²) < 4.78 is 21.4. The quantitative estimate of drug-likeness (QED) is 0.541. The molecule has 0 N–H and O–H groups in total. The van der Waals surface area contributed by atoms with Crippen LogP contribution in [0.15, 0.2) is 18.5 Å². The number of aromatic nitrogens is 1. The Balaban J connectivity index is 2.25. The Morgan fingerprint density at radius 1 is 1.32 bits per heavy atom. The van der Waals surface area contributed by atoms with Gasteiger partial charge in [-0.25, -0.2) is 4.79 Å². The second-order valence-electron chi connectivity index (χ2n) is 7.64. The lowest BCUT2D eigenvalue weighted by Crippen LogP contribution is -2.47. The Morgan fingerprint density at radius 2 is 2.07 bits per heavy atom. The van der Waals surface area contributed by atoms with E-state index >= 15 is 0 Å². The molecule has 1 aromatic heterocycles. The molecule has 2 heterocycles. The Kier molecular flexibility index (Phi) is 7.62. The standard InChI is InChI=1S/C20H30N2O6/c1-6-26-18(23)16-12-22(19(24)28-20(2,3)4)10-8-14(16)15-7-9-21-11-17(15)27-13-25-5/h7,9,11,14,16H,6,8,10,12-13H2,1-5H3/t14-,16-/m1/s1. The summed E-state index contributed by atoms with van der Waals surface area (Å²) in [5.41, 5.74) is 0.258. The lowest BCUT2D eigenvalue weighted by atomic mass is 9.80. The fraction of sp³-hybridized carbons (Fsp3) is 0.650. The molecule has 1 aliphatic heterocycles. The number of rotatable bonds is 6. The van der Waals surface area contributed by atoms with Crippen molar-refractivity contribution in [3.8, 4) is 5.75 Å². The van der Waals surface area contributed by atoms with Crippen LogP contribution in [0.4, 0.5) is 4.79 Å². The van der Waals surface area contributed by atoms with Crippen LogP contribution < -0.4 is 4.74 Å². The van der Waals surface area contributed by atoms with Gasteiger partial charge in [0, 0.05) is 37.9 Å². The zero-order valence-electron chi connectivity index (χ0n) is 17.3. The molecule has 1 amide bonds. The van der Waals surface area contributed by atoms with Crippen LogP contribution in [0.2, 0.25) is 0 Å². The van der Waals surface area contributed by atoms with Gasteiger partial charge in [-0.05, 0) is 40.2 Å². The first-order chi connectivity index (χ1) is 13.3. The maximum atomic E-state index is 12.7. The van der Waals surface area contributed by atoms with E-state index < -0.39 is 17.6 Å². The van der Waals surface area contributed by atoms with Gasteiger partial charge in [-0.15, -0.1) is 0 Å². The van der Waals surface area contributed by atoms with Crippen molar-refractivity contribution in [3.63, 3.8) is 0 Å². The van der Waals surface area contributed by atoms with E-state index in [1.807, 2.05) is 26.8 Å². The van der Waals surface area contributed by atoms with Gasteiger partial charge in [-0.3, -0.25) is 9.78 Å². The molecule has 0 radical (unpaired) electrons. The second-order valence-corrected chi connectivity index (χ2v) is 7.64. The van der Waals surface area contributed by atoms with Crippen molar-refractivity contribution in [2.24, 2.45) is 5.92 Å². The van der Waals surface area contributed by atoms with Crippen LogP contribution in [-0.2, 0) is 19.0 Å². The van der Waals surface area contributed by atoms with Gasteiger partial charge in [0.2, 0.25) is 0 Å². The van der Waals surface area contributed by atoms with E-state index in [4.69, 9.17) is 18.9 Å². The molecule has 1 aromatic rings. The molecule has 0 aromatic carbocycles. The molecule has 0 saturated carbocycles. The summed E-state index contributed by atoms with van der Waals surface area (Å²) in [6.07, 6.45) is 3.43. The smallest absolute Gasteiger partial charge is 0.410 e. The lowest BCUT2D eigenvalue weighted by Gasteiger charge is -2.38. The Labute approximate surface area is 166 Å². The van der Waals surface area contributed by atoms with E-state index in [0.717, 1.165) is 5.56 Å².